The zero-order valence-electron chi connectivity index (χ0n) is 8.38. The molecule has 13 heavy (non-hydrogen) atoms. The number of hydrogen-bond acceptors (Lipinski definition) is 3. The van der Waals surface area contributed by atoms with Gasteiger partial charge in [0, 0.05) is 13.6 Å². The van der Waals surface area contributed by atoms with Crippen molar-refractivity contribution in [1.82, 2.24) is 15.1 Å². The van der Waals surface area contributed by atoms with Gasteiger partial charge < -0.3 is 11.1 Å². The summed E-state index contributed by atoms with van der Waals surface area (Å²) in [5, 5.41) is 7.58. The van der Waals surface area contributed by atoms with Crippen LogP contribution in [0.3, 0.4) is 0 Å². The average Bonchev–Trinajstić information content (AvgIpc) is 2.39. The molecule has 74 valence electrons. The maximum absolute atomic E-state index is 5.38. The van der Waals surface area contributed by atoms with Crippen molar-refractivity contribution in [3.05, 3.63) is 17.5 Å². The van der Waals surface area contributed by atoms with Crippen LogP contribution in [0.5, 0.6) is 0 Å². The number of rotatable bonds is 5. The molecule has 0 aliphatic rings. The van der Waals surface area contributed by atoms with E-state index in [0.717, 1.165) is 31.7 Å². The molecule has 0 fully saturated rings. The lowest BCUT2D eigenvalue weighted by atomic mass is 10.3. The standard InChI is InChI=1S/C9H18N4/c1-8-6-9(13(2)12-8)7-11-5-3-4-10/h6,11H,3-5,7,10H2,1-2H3. The summed E-state index contributed by atoms with van der Waals surface area (Å²) in [7, 11) is 1.97. The van der Waals surface area contributed by atoms with Crippen molar-refractivity contribution in [2.75, 3.05) is 13.1 Å². The van der Waals surface area contributed by atoms with Crippen LogP contribution in [0.25, 0.3) is 0 Å². The minimum absolute atomic E-state index is 0.747. The Morgan fingerprint density at radius 2 is 2.38 bits per heavy atom. The van der Waals surface area contributed by atoms with Crippen LogP contribution in [-0.2, 0) is 13.6 Å². The third kappa shape index (κ3) is 3.16. The van der Waals surface area contributed by atoms with Gasteiger partial charge in [-0.05, 0) is 32.5 Å². The van der Waals surface area contributed by atoms with Gasteiger partial charge >= 0.3 is 0 Å². The van der Waals surface area contributed by atoms with Crippen LogP contribution in [0, 0.1) is 6.92 Å². The molecule has 0 aromatic carbocycles. The van der Waals surface area contributed by atoms with Crippen LogP contribution in [0.15, 0.2) is 6.07 Å². The fourth-order valence-electron chi connectivity index (χ4n) is 1.27. The van der Waals surface area contributed by atoms with Gasteiger partial charge in [-0.3, -0.25) is 4.68 Å². The molecule has 4 nitrogen and oxygen atoms in total. The smallest absolute Gasteiger partial charge is 0.0597 e. The highest BCUT2D eigenvalue weighted by Crippen LogP contribution is 2.00. The lowest BCUT2D eigenvalue weighted by Crippen LogP contribution is -2.19. The van der Waals surface area contributed by atoms with Crippen molar-refractivity contribution < 1.29 is 0 Å². The Morgan fingerprint density at radius 3 is 2.92 bits per heavy atom. The highest BCUT2D eigenvalue weighted by atomic mass is 15.3. The van der Waals surface area contributed by atoms with Gasteiger partial charge in [-0.2, -0.15) is 5.10 Å². The van der Waals surface area contributed by atoms with Crippen LogP contribution in [0.2, 0.25) is 0 Å². The molecule has 0 radical (unpaired) electrons. The first-order valence-corrected chi connectivity index (χ1v) is 4.64. The molecule has 0 spiro atoms. The molecule has 1 rings (SSSR count). The molecule has 4 heteroatoms. The number of nitrogens with two attached hydrogens (primary N) is 1. The predicted molar refractivity (Wildman–Crippen MR) is 53.3 cm³/mol. The molecule has 0 saturated heterocycles. The van der Waals surface area contributed by atoms with E-state index in [2.05, 4.69) is 16.5 Å². The molecule has 3 N–H and O–H groups in total. The van der Waals surface area contributed by atoms with Crippen molar-refractivity contribution in [2.45, 2.75) is 19.9 Å². The summed E-state index contributed by atoms with van der Waals surface area (Å²) in [4.78, 5) is 0. The minimum Gasteiger partial charge on any atom is -0.330 e. The van der Waals surface area contributed by atoms with E-state index in [0.29, 0.717) is 0 Å². The Morgan fingerprint density at radius 1 is 1.62 bits per heavy atom. The van der Waals surface area contributed by atoms with E-state index in [1.54, 1.807) is 0 Å². The molecule has 0 amide bonds. The molecule has 1 aromatic heterocycles. The van der Waals surface area contributed by atoms with Gasteiger partial charge in [-0.25, -0.2) is 0 Å². The third-order valence-electron chi connectivity index (χ3n) is 1.96. The molecule has 0 aliphatic heterocycles. The molecule has 0 bridgehead atoms. The maximum Gasteiger partial charge on any atom is 0.0597 e. The summed E-state index contributed by atoms with van der Waals surface area (Å²) in [6.07, 6.45) is 1.02. The van der Waals surface area contributed by atoms with Gasteiger partial charge in [0.2, 0.25) is 0 Å². The molecule has 1 aromatic rings. The molecular formula is C9H18N4. The fourth-order valence-corrected chi connectivity index (χ4v) is 1.27. The van der Waals surface area contributed by atoms with Crippen molar-refractivity contribution >= 4 is 0 Å². The third-order valence-corrected chi connectivity index (χ3v) is 1.96. The first-order chi connectivity index (χ1) is 6.24. The van der Waals surface area contributed by atoms with Gasteiger partial charge in [-0.1, -0.05) is 0 Å². The summed E-state index contributed by atoms with van der Waals surface area (Å²) < 4.78 is 1.91. The number of hydrogen-bond donors (Lipinski definition) is 2. The van der Waals surface area contributed by atoms with E-state index in [-0.39, 0.29) is 0 Å². The molecular weight excluding hydrogens is 164 g/mol. The Kier molecular flexibility index (Phi) is 3.92. The number of aromatic nitrogens is 2. The molecule has 0 saturated carbocycles. The fraction of sp³-hybridized carbons (Fsp3) is 0.667. The van der Waals surface area contributed by atoms with E-state index >= 15 is 0 Å². The van der Waals surface area contributed by atoms with E-state index < -0.39 is 0 Å². The van der Waals surface area contributed by atoms with Gasteiger partial charge in [0.1, 0.15) is 0 Å². The molecule has 0 atom stereocenters. The molecule has 0 unspecified atom stereocenters. The summed E-state index contributed by atoms with van der Waals surface area (Å²) in [6, 6.07) is 2.09. The molecule has 1 heterocycles. The van der Waals surface area contributed by atoms with Crippen LogP contribution >= 0.6 is 0 Å². The van der Waals surface area contributed by atoms with E-state index in [1.807, 2.05) is 18.7 Å². The van der Waals surface area contributed by atoms with Crippen molar-refractivity contribution in [1.29, 1.82) is 0 Å². The summed E-state index contributed by atoms with van der Waals surface area (Å²) in [5.41, 5.74) is 7.67. The first kappa shape index (κ1) is 10.2. The van der Waals surface area contributed by atoms with E-state index in [9.17, 15) is 0 Å². The number of nitrogens with zero attached hydrogens (tertiary/aromatic N) is 2. The Bertz CT molecular complexity index is 254. The topological polar surface area (TPSA) is 55.9 Å². The van der Waals surface area contributed by atoms with Crippen LogP contribution < -0.4 is 11.1 Å². The Labute approximate surface area is 79.1 Å². The largest absolute Gasteiger partial charge is 0.330 e. The zero-order chi connectivity index (χ0) is 9.68. The Hall–Kier alpha value is -0.870. The quantitative estimate of drug-likeness (QED) is 0.638. The molecule has 0 aliphatic carbocycles. The number of aryl methyl sites for hydroxylation is 2. The number of nitrogens with one attached hydrogen (secondary N) is 1. The first-order valence-electron chi connectivity index (χ1n) is 4.64. The second kappa shape index (κ2) is 4.99. The Balaban J connectivity index is 2.32. The average molecular weight is 182 g/mol. The van der Waals surface area contributed by atoms with Crippen molar-refractivity contribution in [2.24, 2.45) is 12.8 Å². The van der Waals surface area contributed by atoms with E-state index in [4.69, 9.17) is 5.73 Å². The van der Waals surface area contributed by atoms with Gasteiger partial charge in [0.05, 0.1) is 11.4 Å². The zero-order valence-corrected chi connectivity index (χ0v) is 8.38. The summed E-state index contributed by atoms with van der Waals surface area (Å²) in [5.74, 6) is 0. The van der Waals surface area contributed by atoms with Crippen molar-refractivity contribution in [3.63, 3.8) is 0 Å². The van der Waals surface area contributed by atoms with Gasteiger partial charge in [0.25, 0.3) is 0 Å². The highest BCUT2D eigenvalue weighted by Gasteiger charge is 1.99. The SMILES string of the molecule is Cc1cc(CNCCCN)n(C)n1. The van der Waals surface area contributed by atoms with Crippen LogP contribution in [0.1, 0.15) is 17.8 Å². The van der Waals surface area contributed by atoms with Crippen LogP contribution in [0.4, 0.5) is 0 Å². The van der Waals surface area contributed by atoms with Gasteiger partial charge in [-0.15, -0.1) is 0 Å². The minimum atomic E-state index is 0.747. The lowest BCUT2D eigenvalue weighted by Gasteiger charge is -2.03. The summed E-state index contributed by atoms with van der Waals surface area (Å²) >= 11 is 0. The lowest BCUT2D eigenvalue weighted by molar-refractivity contribution is 0.609. The van der Waals surface area contributed by atoms with Crippen LogP contribution in [-0.4, -0.2) is 22.9 Å². The summed E-state index contributed by atoms with van der Waals surface area (Å²) in [6.45, 7) is 4.60. The highest BCUT2D eigenvalue weighted by molar-refractivity contribution is 5.08. The second-order valence-electron chi connectivity index (χ2n) is 3.22. The predicted octanol–water partition coefficient (Wildman–Crippen LogP) is 0.167. The van der Waals surface area contributed by atoms with Crippen molar-refractivity contribution in [3.8, 4) is 0 Å². The van der Waals surface area contributed by atoms with E-state index in [1.165, 1.54) is 5.69 Å². The normalized spacial score (nSPS) is 10.7. The maximum atomic E-state index is 5.38. The van der Waals surface area contributed by atoms with Gasteiger partial charge in [0.15, 0.2) is 0 Å². The second-order valence-corrected chi connectivity index (χ2v) is 3.22. The monoisotopic (exact) mass is 182 g/mol.